The molecule has 0 aromatic rings. The van der Waals surface area contributed by atoms with Crippen molar-refractivity contribution in [3.63, 3.8) is 0 Å². The summed E-state index contributed by atoms with van der Waals surface area (Å²) in [7, 11) is 0. The SMILES string of the molecule is [F][Am]([F])([F])([F])[F]. The fourth-order valence-electron chi connectivity index (χ4n) is 0. The molecule has 0 aromatic heterocycles. The zero-order chi connectivity index (χ0) is 5.45. The van der Waals surface area contributed by atoms with Crippen LogP contribution in [0.5, 0.6) is 0 Å². The first-order valence-electron chi connectivity index (χ1n) is 0.714. The summed E-state index contributed by atoms with van der Waals surface area (Å²) in [5.74, 6) is 0. The molecule has 0 amide bonds. The normalized spacial score (nSPS) is 19.2. The molecule has 0 unspecified atom stereocenters. The Balaban J connectivity index is 3.73. The molecule has 0 aliphatic heterocycles. The molecule has 0 nitrogen and oxygen atoms in total. The quantitative estimate of drug-likeness (QED) is 0.594. The summed E-state index contributed by atoms with van der Waals surface area (Å²) in [6, 6.07) is 0. The van der Waals surface area contributed by atoms with Gasteiger partial charge in [0.15, 0.2) is 0 Å². The Bertz CT molecular complexity index is 37.1. The fraction of sp³-hybridized carbons (Fsp3) is 0. The van der Waals surface area contributed by atoms with E-state index in [1.165, 1.54) is 0 Å². The Kier molecular flexibility index (Phi) is 0.821. The van der Waals surface area contributed by atoms with E-state index in [1.807, 2.05) is 0 Å². The van der Waals surface area contributed by atoms with Gasteiger partial charge in [0, 0.05) is 0 Å². The summed E-state index contributed by atoms with van der Waals surface area (Å²) in [6.07, 6.45) is 0. The Hall–Kier alpha value is 0.0396. The molecule has 0 aliphatic carbocycles. The summed E-state index contributed by atoms with van der Waals surface area (Å²) >= 11 is -9.29. The van der Waals surface area contributed by atoms with Crippen LogP contribution in [0, 0.1) is 11.7 Å². The van der Waals surface area contributed by atoms with Crippen molar-refractivity contribution in [3.05, 3.63) is 0 Å². The molecule has 0 heterocycles. The second kappa shape index (κ2) is 0.816. The van der Waals surface area contributed by atoms with Crippen molar-refractivity contribution in [2.45, 2.75) is 0 Å². The summed E-state index contributed by atoms with van der Waals surface area (Å²) in [5.41, 5.74) is 0. The third-order valence-electron chi connectivity index (χ3n) is 0. The third-order valence-corrected chi connectivity index (χ3v) is 0. The van der Waals surface area contributed by atoms with Crippen molar-refractivity contribution >= 4 is 0 Å². The van der Waals surface area contributed by atoms with E-state index in [0.29, 0.717) is 0 Å². The number of hydrogen-bond acceptors (Lipinski definition) is 0. The molecule has 0 saturated heterocycles. The monoisotopic (exact) mass is 336 g/mol. The minimum absolute atomic E-state index is 9.29. The molecule has 0 rings (SSSR count). The molecule has 0 radical (unpaired) electrons. The van der Waals surface area contributed by atoms with Crippen LogP contribution in [0.2, 0.25) is 0 Å². The van der Waals surface area contributed by atoms with Crippen LogP contribution in [-0.4, -0.2) is 0 Å². The van der Waals surface area contributed by atoms with Crippen LogP contribution in [0.1, 0.15) is 0 Å². The van der Waals surface area contributed by atoms with Gasteiger partial charge in [-0.3, -0.25) is 0 Å². The summed E-state index contributed by atoms with van der Waals surface area (Å²) in [5, 5.41) is 0. The van der Waals surface area contributed by atoms with E-state index in [4.69, 9.17) is 0 Å². The van der Waals surface area contributed by atoms with Crippen molar-refractivity contribution in [1.29, 1.82) is 0 Å². The van der Waals surface area contributed by atoms with Crippen LogP contribution < -0.4 is 0 Å². The fourth-order valence-corrected chi connectivity index (χ4v) is 0. The van der Waals surface area contributed by atoms with E-state index in [2.05, 4.69) is 0 Å². The standard InChI is InChI=1S/Am.5FH/h;5*1H/q+5;;;;;/p-5. The predicted octanol–water partition coefficient (Wildman–Crippen LogP) is 2.10. The number of hydrogen-bond donors (Lipinski definition) is 0. The molecule has 0 atom stereocenters. The Morgan fingerprint density at radius 2 is 0.667 bits per heavy atom. The molecule has 0 fully saturated rings. The van der Waals surface area contributed by atoms with Gasteiger partial charge < -0.3 is 0 Å². The van der Waals surface area contributed by atoms with E-state index in [-0.39, 0.29) is 0 Å². The maximum absolute atomic E-state index is 9.92. The van der Waals surface area contributed by atoms with E-state index >= 15 is 0 Å². The van der Waals surface area contributed by atoms with E-state index in [9.17, 15) is 19.1 Å². The van der Waals surface area contributed by atoms with Gasteiger partial charge in [0.25, 0.3) is 0 Å². The summed E-state index contributed by atoms with van der Waals surface area (Å²) in [4.78, 5) is 0. The van der Waals surface area contributed by atoms with Gasteiger partial charge in [-0.05, 0) is 0 Å². The molecular weight excluding hydrogens is 338 g/mol. The molecule has 6 heavy (non-hydrogen) atoms. The van der Waals surface area contributed by atoms with Crippen molar-refractivity contribution in [2.75, 3.05) is 0 Å². The summed E-state index contributed by atoms with van der Waals surface area (Å²) < 4.78 is 49.6. The molecule has 0 N–H and O–H groups in total. The predicted molar refractivity (Wildman–Crippen MR) is 5.54 cm³/mol. The van der Waals surface area contributed by atoms with Crippen LogP contribution in [-0.2, 0) is 0 Å². The van der Waals surface area contributed by atoms with Gasteiger partial charge >= 0.3 is 30.8 Å². The first-order valence-corrected chi connectivity index (χ1v) is 6.66. The van der Waals surface area contributed by atoms with Crippen LogP contribution in [0.3, 0.4) is 0 Å². The van der Waals surface area contributed by atoms with Gasteiger partial charge in [0.1, 0.15) is 0 Å². The Morgan fingerprint density at radius 1 is 0.667 bits per heavy atom. The molecule has 0 saturated carbocycles. The molecule has 0 bridgehead atoms. The number of halogens is 5. The van der Waals surface area contributed by atoms with Crippen molar-refractivity contribution in [1.82, 2.24) is 0 Å². The summed E-state index contributed by atoms with van der Waals surface area (Å²) in [6.45, 7) is 0. The van der Waals surface area contributed by atoms with Gasteiger partial charge in [-0.1, -0.05) is 0 Å². The van der Waals surface area contributed by atoms with Gasteiger partial charge in [-0.25, -0.2) is 0 Å². The van der Waals surface area contributed by atoms with Gasteiger partial charge in [0.05, 0.1) is 0 Å². The second-order valence-electron chi connectivity index (χ2n) is 0.540. The molecule has 0 spiro atoms. The van der Waals surface area contributed by atoms with Crippen molar-refractivity contribution in [3.8, 4) is 0 Å². The van der Waals surface area contributed by atoms with Gasteiger partial charge in [0.2, 0.25) is 0 Å². The van der Waals surface area contributed by atoms with E-state index in [1.54, 1.807) is 0 Å². The Morgan fingerprint density at radius 3 is 0.667 bits per heavy atom. The van der Waals surface area contributed by atoms with Crippen LogP contribution >= 0.6 is 0 Å². The average Bonchev–Trinajstić information content (AvgIpc) is 0.650. The molecule has 6 heteroatoms. The molecule has 42 valence electrons. The van der Waals surface area contributed by atoms with E-state index in [0.717, 1.165) is 0 Å². The second-order valence-corrected chi connectivity index (χ2v) is 5.04. The zero-order valence-corrected chi connectivity index (χ0v) is 5.42. The zero-order valence-electron chi connectivity index (χ0n) is 2.27. The minimum atomic E-state index is -9.29. The van der Waals surface area contributed by atoms with Gasteiger partial charge in [-0.15, -0.1) is 0 Å². The maximum atomic E-state index is 9.92. The molecule has 0 aromatic carbocycles. The first-order chi connectivity index (χ1) is 2.24. The van der Waals surface area contributed by atoms with Crippen LogP contribution in [0.4, 0.5) is 19.1 Å². The molecular formula is AmF5. The third kappa shape index (κ3) is 23800. The number of rotatable bonds is 0. The van der Waals surface area contributed by atoms with Gasteiger partial charge in [-0.2, -0.15) is 0 Å². The topological polar surface area (TPSA) is 0 Å². The van der Waals surface area contributed by atoms with E-state index < -0.39 is 11.7 Å². The Labute approximate surface area is 32.0 Å². The first kappa shape index (κ1) is 6.04. The van der Waals surface area contributed by atoms with Crippen molar-refractivity contribution in [2.24, 2.45) is 0 Å². The van der Waals surface area contributed by atoms with Crippen molar-refractivity contribution < 1.29 is 30.8 Å². The van der Waals surface area contributed by atoms with Crippen LogP contribution in [0.15, 0.2) is 0 Å². The van der Waals surface area contributed by atoms with Crippen LogP contribution in [0.25, 0.3) is 0 Å². The molecule has 0 aliphatic rings. The average molecular weight is 338 g/mol.